The summed E-state index contributed by atoms with van der Waals surface area (Å²) >= 11 is 1.75. The summed E-state index contributed by atoms with van der Waals surface area (Å²) in [4.78, 5) is 4.79. The lowest BCUT2D eigenvalue weighted by molar-refractivity contribution is 0.429. The largest absolute Gasteiger partial charge is 0.312 e. The van der Waals surface area contributed by atoms with Gasteiger partial charge in [-0.3, -0.25) is 0 Å². The van der Waals surface area contributed by atoms with Crippen LogP contribution in [0.25, 0.3) is 22.0 Å². The van der Waals surface area contributed by atoms with Crippen molar-refractivity contribution in [2.24, 2.45) is 0 Å². The van der Waals surface area contributed by atoms with Gasteiger partial charge in [-0.2, -0.15) is 0 Å². The average Bonchev–Trinajstić information content (AvgIpc) is 2.94. The van der Waals surface area contributed by atoms with Gasteiger partial charge in [0.15, 0.2) is 0 Å². The van der Waals surface area contributed by atoms with Crippen molar-refractivity contribution in [1.29, 1.82) is 0 Å². The molecule has 2 aromatic carbocycles. The SMILES string of the molecule is CC(C)(C)NCCc1nc(-c2ccc3ccccc3c2)cs1. The predicted molar refractivity (Wildman–Crippen MR) is 96.5 cm³/mol. The van der Waals surface area contributed by atoms with E-state index in [1.807, 2.05) is 0 Å². The van der Waals surface area contributed by atoms with Crippen LogP contribution >= 0.6 is 11.3 Å². The normalized spacial score (nSPS) is 12.0. The Morgan fingerprint density at radius 2 is 1.82 bits per heavy atom. The molecule has 0 amide bonds. The first-order valence-electron chi connectivity index (χ1n) is 7.70. The highest BCUT2D eigenvalue weighted by Gasteiger charge is 2.09. The Labute approximate surface area is 136 Å². The summed E-state index contributed by atoms with van der Waals surface area (Å²) in [6.07, 6.45) is 0.982. The molecule has 0 aliphatic rings. The maximum absolute atomic E-state index is 4.79. The molecule has 114 valence electrons. The van der Waals surface area contributed by atoms with Crippen LogP contribution in [0.15, 0.2) is 47.8 Å². The topological polar surface area (TPSA) is 24.9 Å². The molecule has 3 rings (SSSR count). The third-order valence-corrected chi connectivity index (χ3v) is 4.50. The molecule has 1 aromatic heterocycles. The molecule has 1 heterocycles. The molecule has 0 unspecified atom stereocenters. The Morgan fingerprint density at radius 1 is 1.05 bits per heavy atom. The lowest BCUT2D eigenvalue weighted by atomic mass is 10.1. The van der Waals surface area contributed by atoms with Gasteiger partial charge in [0.2, 0.25) is 0 Å². The predicted octanol–water partition coefficient (Wildman–Crippen LogP) is 4.89. The highest BCUT2D eigenvalue weighted by atomic mass is 32.1. The zero-order valence-electron chi connectivity index (χ0n) is 13.4. The third kappa shape index (κ3) is 3.73. The van der Waals surface area contributed by atoms with Crippen LogP contribution in [0.4, 0.5) is 0 Å². The van der Waals surface area contributed by atoms with Gasteiger partial charge in [0.25, 0.3) is 0 Å². The van der Waals surface area contributed by atoms with Crippen LogP contribution in [0, 0.1) is 0 Å². The van der Waals surface area contributed by atoms with Crippen molar-refractivity contribution in [3.63, 3.8) is 0 Å². The molecular weight excluding hydrogens is 288 g/mol. The Kier molecular flexibility index (Phi) is 4.27. The van der Waals surface area contributed by atoms with E-state index in [2.05, 4.69) is 73.9 Å². The van der Waals surface area contributed by atoms with E-state index in [1.165, 1.54) is 21.3 Å². The van der Waals surface area contributed by atoms with E-state index in [4.69, 9.17) is 4.98 Å². The molecule has 22 heavy (non-hydrogen) atoms. The molecule has 0 saturated heterocycles. The number of nitrogens with zero attached hydrogens (tertiary/aromatic N) is 1. The van der Waals surface area contributed by atoms with Gasteiger partial charge < -0.3 is 5.32 Å². The number of hydrogen-bond acceptors (Lipinski definition) is 3. The van der Waals surface area contributed by atoms with Gasteiger partial charge in [-0.25, -0.2) is 4.98 Å². The fourth-order valence-electron chi connectivity index (χ4n) is 2.45. The molecule has 3 aromatic rings. The highest BCUT2D eigenvalue weighted by molar-refractivity contribution is 7.09. The van der Waals surface area contributed by atoms with Crippen LogP contribution in [0.3, 0.4) is 0 Å². The van der Waals surface area contributed by atoms with Crippen molar-refractivity contribution < 1.29 is 0 Å². The summed E-state index contributed by atoms with van der Waals surface area (Å²) in [5, 5.41) is 9.41. The number of benzene rings is 2. The van der Waals surface area contributed by atoms with Gasteiger partial charge >= 0.3 is 0 Å². The Hall–Kier alpha value is -1.71. The fourth-order valence-corrected chi connectivity index (χ4v) is 3.26. The fraction of sp³-hybridized carbons (Fsp3) is 0.316. The second-order valence-corrected chi connectivity index (χ2v) is 7.56. The molecule has 3 heteroatoms. The molecule has 2 nitrogen and oxygen atoms in total. The van der Waals surface area contributed by atoms with Crippen LogP contribution in [0.2, 0.25) is 0 Å². The second-order valence-electron chi connectivity index (χ2n) is 6.62. The van der Waals surface area contributed by atoms with Crippen LogP contribution in [0.1, 0.15) is 25.8 Å². The summed E-state index contributed by atoms with van der Waals surface area (Å²) in [6, 6.07) is 15.0. The quantitative estimate of drug-likeness (QED) is 0.742. The molecule has 0 aliphatic carbocycles. The van der Waals surface area contributed by atoms with E-state index in [0.29, 0.717) is 0 Å². The first-order valence-corrected chi connectivity index (χ1v) is 8.58. The lowest BCUT2D eigenvalue weighted by Gasteiger charge is -2.19. The summed E-state index contributed by atoms with van der Waals surface area (Å²) in [5.41, 5.74) is 2.45. The van der Waals surface area contributed by atoms with Gasteiger partial charge in [-0.05, 0) is 37.6 Å². The number of hydrogen-bond donors (Lipinski definition) is 1. The molecule has 0 spiro atoms. The van der Waals surface area contributed by atoms with Gasteiger partial charge in [0.05, 0.1) is 10.7 Å². The second kappa shape index (κ2) is 6.19. The molecule has 0 atom stereocenters. The maximum atomic E-state index is 4.79. The van der Waals surface area contributed by atoms with Gasteiger partial charge in [0.1, 0.15) is 0 Å². The number of nitrogens with one attached hydrogen (secondary N) is 1. The third-order valence-electron chi connectivity index (χ3n) is 3.59. The zero-order valence-corrected chi connectivity index (χ0v) is 14.2. The minimum atomic E-state index is 0.165. The Morgan fingerprint density at radius 3 is 2.59 bits per heavy atom. The average molecular weight is 310 g/mol. The standard InChI is InChI=1S/C19H22N2S/c1-19(2,3)20-11-10-18-21-17(13-22-18)16-9-8-14-6-4-5-7-15(14)12-16/h4-9,12-13,20H,10-11H2,1-3H3. The molecule has 0 saturated carbocycles. The van der Waals surface area contributed by atoms with Crippen LogP contribution in [-0.2, 0) is 6.42 Å². The van der Waals surface area contributed by atoms with Crippen LogP contribution < -0.4 is 5.32 Å². The van der Waals surface area contributed by atoms with E-state index < -0.39 is 0 Å². The summed E-state index contributed by atoms with van der Waals surface area (Å²) in [7, 11) is 0. The van der Waals surface area contributed by atoms with E-state index in [9.17, 15) is 0 Å². The monoisotopic (exact) mass is 310 g/mol. The molecular formula is C19H22N2S. The smallest absolute Gasteiger partial charge is 0.0945 e. The molecule has 0 radical (unpaired) electrons. The van der Waals surface area contributed by atoms with Crippen molar-refractivity contribution in [3.05, 3.63) is 52.9 Å². The van der Waals surface area contributed by atoms with Crippen molar-refractivity contribution in [1.82, 2.24) is 10.3 Å². The van der Waals surface area contributed by atoms with Crippen molar-refractivity contribution >= 4 is 22.1 Å². The van der Waals surface area contributed by atoms with Crippen LogP contribution in [-0.4, -0.2) is 17.1 Å². The van der Waals surface area contributed by atoms with Crippen LogP contribution in [0.5, 0.6) is 0 Å². The van der Waals surface area contributed by atoms with E-state index >= 15 is 0 Å². The molecule has 0 bridgehead atoms. The number of aromatic nitrogens is 1. The summed E-state index contributed by atoms with van der Waals surface area (Å²) in [5.74, 6) is 0. The van der Waals surface area contributed by atoms with Crippen molar-refractivity contribution in [3.8, 4) is 11.3 Å². The van der Waals surface area contributed by atoms with E-state index in [1.54, 1.807) is 11.3 Å². The summed E-state index contributed by atoms with van der Waals surface area (Å²) < 4.78 is 0. The Bertz CT molecular complexity index is 768. The van der Waals surface area contributed by atoms with E-state index in [-0.39, 0.29) is 5.54 Å². The lowest BCUT2D eigenvalue weighted by Crippen LogP contribution is -2.37. The van der Waals surface area contributed by atoms with Gasteiger partial charge in [-0.15, -0.1) is 11.3 Å². The number of fused-ring (bicyclic) bond motifs is 1. The first-order chi connectivity index (χ1) is 10.5. The zero-order chi connectivity index (χ0) is 15.6. The van der Waals surface area contributed by atoms with Crippen molar-refractivity contribution in [2.45, 2.75) is 32.7 Å². The molecule has 0 fully saturated rings. The molecule has 1 N–H and O–H groups in total. The van der Waals surface area contributed by atoms with E-state index in [0.717, 1.165) is 18.7 Å². The maximum Gasteiger partial charge on any atom is 0.0945 e. The Balaban J connectivity index is 1.74. The van der Waals surface area contributed by atoms with Gasteiger partial charge in [0, 0.05) is 29.4 Å². The summed E-state index contributed by atoms with van der Waals surface area (Å²) in [6.45, 7) is 7.54. The van der Waals surface area contributed by atoms with Crippen molar-refractivity contribution in [2.75, 3.05) is 6.54 Å². The molecule has 0 aliphatic heterocycles. The number of rotatable bonds is 4. The highest BCUT2D eigenvalue weighted by Crippen LogP contribution is 2.26. The first kappa shape index (κ1) is 15.2. The van der Waals surface area contributed by atoms with Gasteiger partial charge in [-0.1, -0.05) is 36.4 Å². The minimum Gasteiger partial charge on any atom is -0.312 e. The minimum absolute atomic E-state index is 0.165. The number of thiazole rings is 1.